The highest BCUT2D eigenvalue weighted by Gasteiger charge is 2.16. The van der Waals surface area contributed by atoms with Crippen LogP contribution >= 0.6 is 0 Å². The van der Waals surface area contributed by atoms with Gasteiger partial charge in [-0.05, 0) is 24.3 Å². The number of aromatic carboxylic acids is 1. The first-order valence-electron chi connectivity index (χ1n) is 6.37. The molecule has 0 amide bonds. The van der Waals surface area contributed by atoms with Crippen LogP contribution in [-0.2, 0) is 4.79 Å². The summed E-state index contributed by atoms with van der Waals surface area (Å²) in [7, 11) is 0. The summed E-state index contributed by atoms with van der Waals surface area (Å²) in [4.78, 5) is 32.7. The van der Waals surface area contributed by atoms with Crippen molar-refractivity contribution in [1.29, 1.82) is 0 Å². The summed E-state index contributed by atoms with van der Waals surface area (Å²) >= 11 is 0. The van der Waals surface area contributed by atoms with Crippen molar-refractivity contribution in [3.8, 4) is 11.5 Å². The number of ether oxygens (including phenoxy) is 2. The van der Waals surface area contributed by atoms with Crippen molar-refractivity contribution >= 4 is 17.6 Å². The Morgan fingerprint density at radius 2 is 1.87 bits per heavy atom. The molecule has 1 N–H and O–H groups in total. The monoisotopic (exact) mass is 317 g/mol. The highest BCUT2D eigenvalue weighted by Crippen LogP contribution is 2.25. The third-order valence-corrected chi connectivity index (χ3v) is 2.72. The number of nitro groups is 1. The molecule has 0 unspecified atom stereocenters. The molecule has 8 heteroatoms. The first-order valence-corrected chi connectivity index (χ1v) is 6.37. The molecule has 118 valence electrons. The third kappa shape index (κ3) is 4.27. The van der Waals surface area contributed by atoms with E-state index < -0.39 is 23.5 Å². The maximum Gasteiger partial charge on any atom is 0.349 e. The van der Waals surface area contributed by atoms with E-state index in [1.807, 2.05) is 0 Å². The summed E-state index contributed by atoms with van der Waals surface area (Å²) in [6.07, 6.45) is 0. The lowest BCUT2D eigenvalue weighted by atomic mass is 10.2. The Morgan fingerprint density at radius 3 is 2.57 bits per heavy atom. The van der Waals surface area contributed by atoms with E-state index in [2.05, 4.69) is 0 Å². The maximum absolute atomic E-state index is 11.7. The molecule has 2 aromatic rings. The lowest BCUT2D eigenvalue weighted by molar-refractivity contribution is -0.385. The van der Waals surface area contributed by atoms with Gasteiger partial charge in [-0.25, -0.2) is 9.59 Å². The largest absolute Gasteiger partial charge is 0.478 e. The summed E-state index contributed by atoms with van der Waals surface area (Å²) in [6.45, 7) is -0.553. The van der Waals surface area contributed by atoms with E-state index >= 15 is 0 Å². The Bertz CT molecular complexity index is 757. The van der Waals surface area contributed by atoms with Crippen LogP contribution in [0.4, 0.5) is 5.69 Å². The standard InChI is InChI=1S/C15H11NO7/c17-14(23-11-5-3-4-10(8-11)15(18)19)9-22-13-7-2-1-6-12(13)16(20)21/h1-8H,9H2,(H,18,19). The predicted molar refractivity (Wildman–Crippen MR) is 77.6 cm³/mol. The molecule has 0 spiro atoms. The van der Waals surface area contributed by atoms with Crippen molar-refractivity contribution in [3.05, 3.63) is 64.2 Å². The van der Waals surface area contributed by atoms with Gasteiger partial charge in [0.2, 0.25) is 0 Å². The molecule has 0 saturated carbocycles. The fourth-order valence-corrected chi connectivity index (χ4v) is 1.72. The normalized spacial score (nSPS) is 9.91. The van der Waals surface area contributed by atoms with Crippen LogP contribution in [0.1, 0.15) is 10.4 Å². The van der Waals surface area contributed by atoms with Crippen molar-refractivity contribution in [3.63, 3.8) is 0 Å². The number of para-hydroxylation sites is 2. The van der Waals surface area contributed by atoms with E-state index in [1.54, 1.807) is 0 Å². The number of carboxylic acids is 1. The van der Waals surface area contributed by atoms with Gasteiger partial charge in [-0.1, -0.05) is 18.2 Å². The van der Waals surface area contributed by atoms with Crippen LogP contribution in [-0.4, -0.2) is 28.6 Å². The SMILES string of the molecule is O=C(COc1ccccc1[N+](=O)[O-])Oc1cccc(C(=O)O)c1. The maximum atomic E-state index is 11.7. The minimum atomic E-state index is -1.15. The van der Waals surface area contributed by atoms with E-state index in [0.717, 1.165) is 0 Å². The minimum absolute atomic E-state index is 0.0325. The number of hydrogen-bond acceptors (Lipinski definition) is 6. The van der Waals surface area contributed by atoms with Gasteiger partial charge in [0.25, 0.3) is 0 Å². The van der Waals surface area contributed by atoms with E-state index in [-0.39, 0.29) is 22.7 Å². The van der Waals surface area contributed by atoms with Crippen LogP contribution < -0.4 is 9.47 Å². The number of hydrogen-bond donors (Lipinski definition) is 1. The number of rotatable bonds is 6. The lowest BCUT2D eigenvalue weighted by Gasteiger charge is -2.07. The molecule has 2 aromatic carbocycles. The van der Waals surface area contributed by atoms with Gasteiger partial charge in [0.05, 0.1) is 10.5 Å². The van der Waals surface area contributed by atoms with Crippen molar-refractivity contribution in [2.45, 2.75) is 0 Å². The molecular weight excluding hydrogens is 306 g/mol. The number of nitrogens with zero attached hydrogens (tertiary/aromatic N) is 1. The smallest absolute Gasteiger partial charge is 0.349 e. The Hall–Kier alpha value is -3.42. The number of esters is 1. The van der Waals surface area contributed by atoms with Gasteiger partial charge in [0.1, 0.15) is 5.75 Å². The second-order valence-corrected chi connectivity index (χ2v) is 4.32. The first kappa shape index (κ1) is 16.0. The zero-order valence-corrected chi connectivity index (χ0v) is 11.7. The minimum Gasteiger partial charge on any atom is -0.478 e. The van der Waals surface area contributed by atoms with Gasteiger partial charge >= 0.3 is 17.6 Å². The number of nitro benzene ring substituents is 1. The van der Waals surface area contributed by atoms with Crippen LogP contribution in [0.15, 0.2) is 48.5 Å². The Balaban J connectivity index is 2.00. The Morgan fingerprint density at radius 1 is 1.13 bits per heavy atom. The van der Waals surface area contributed by atoms with Crippen LogP contribution in [0, 0.1) is 10.1 Å². The van der Waals surface area contributed by atoms with Crippen LogP contribution in [0.3, 0.4) is 0 Å². The van der Waals surface area contributed by atoms with Crippen molar-refractivity contribution in [2.24, 2.45) is 0 Å². The molecule has 0 atom stereocenters. The van der Waals surface area contributed by atoms with Gasteiger partial charge in [0, 0.05) is 6.07 Å². The Kier molecular flexibility index (Phi) is 4.88. The highest BCUT2D eigenvalue weighted by molar-refractivity contribution is 5.88. The van der Waals surface area contributed by atoms with Gasteiger partial charge in [-0.3, -0.25) is 10.1 Å². The average Bonchev–Trinajstić information content (AvgIpc) is 2.53. The van der Waals surface area contributed by atoms with E-state index in [1.165, 1.54) is 48.5 Å². The molecule has 0 saturated heterocycles. The molecule has 0 heterocycles. The molecule has 0 bridgehead atoms. The van der Waals surface area contributed by atoms with Gasteiger partial charge in [-0.15, -0.1) is 0 Å². The summed E-state index contributed by atoms with van der Waals surface area (Å²) in [6, 6.07) is 11.0. The van der Waals surface area contributed by atoms with Crippen molar-refractivity contribution in [1.82, 2.24) is 0 Å². The average molecular weight is 317 g/mol. The van der Waals surface area contributed by atoms with Crippen LogP contribution in [0.2, 0.25) is 0 Å². The summed E-state index contributed by atoms with van der Waals surface area (Å²) in [5.41, 5.74) is -0.303. The number of carbonyl (C=O) groups excluding carboxylic acids is 1. The molecule has 0 aliphatic heterocycles. The van der Waals surface area contributed by atoms with Gasteiger partial charge in [0.15, 0.2) is 12.4 Å². The quantitative estimate of drug-likeness (QED) is 0.376. The van der Waals surface area contributed by atoms with E-state index in [0.29, 0.717) is 0 Å². The lowest BCUT2D eigenvalue weighted by Crippen LogP contribution is -2.18. The molecule has 0 radical (unpaired) electrons. The van der Waals surface area contributed by atoms with E-state index in [4.69, 9.17) is 14.6 Å². The molecule has 0 aliphatic carbocycles. The molecule has 0 aliphatic rings. The number of carbonyl (C=O) groups is 2. The zero-order chi connectivity index (χ0) is 16.8. The van der Waals surface area contributed by atoms with Gasteiger partial charge < -0.3 is 14.6 Å². The molecule has 0 fully saturated rings. The first-order chi connectivity index (χ1) is 11.0. The summed E-state index contributed by atoms with van der Waals surface area (Å²) < 4.78 is 10.0. The number of carboxylic acid groups (broad SMARTS) is 1. The molecule has 23 heavy (non-hydrogen) atoms. The summed E-state index contributed by atoms with van der Waals surface area (Å²) in [5, 5.41) is 19.7. The van der Waals surface area contributed by atoms with E-state index in [9.17, 15) is 19.7 Å². The summed E-state index contributed by atoms with van der Waals surface area (Å²) in [5.74, 6) is -1.99. The van der Waals surface area contributed by atoms with Crippen molar-refractivity contribution < 1.29 is 29.1 Å². The number of benzene rings is 2. The molecule has 0 aromatic heterocycles. The second-order valence-electron chi connectivity index (χ2n) is 4.32. The fraction of sp³-hybridized carbons (Fsp3) is 0.0667. The molecule has 2 rings (SSSR count). The van der Waals surface area contributed by atoms with Crippen molar-refractivity contribution in [2.75, 3.05) is 6.61 Å². The fourth-order valence-electron chi connectivity index (χ4n) is 1.72. The predicted octanol–water partition coefficient (Wildman–Crippen LogP) is 2.28. The third-order valence-electron chi connectivity index (χ3n) is 2.72. The molecular formula is C15H11NO7. The highest BCUT2D eigenvalue weighted by atomic mass is 16.6. The van der Waals surface area contributed by atoms with Gasteiger partial charge in [-0.2, -0.15) is 0 Å². The second kappa shape index (κ2) is 7.03. The van der Waals surface area contributed by atoms with Crippen LogP contribution in [0.25, 0.3) is 0 Å². The topological polar surface area (TPSA) is 116 Å². The Labute approximate surface area is 130 Å². The zero-order valence-electron chi connectivity index (χ0n) is 11.7. The van der Waals surface area contributed by atoms with Crippen LogP contribution in [0.5, 0.6) is 11.5 Å². The molecule has 8 nitrogen and oxygen atoms in total.